The van der Waals surface area contributed by atoms with Gasteiger partial charge in [0.05, 0.1) is 0 Å². The molecule has 0 spiro atoms. The number of halogens is 1. The summed E-state index contributed by atoms with van der Waals surface area (Å²) in [6, 6.07) is 14.6. The van der Waals surface area contributed by atoms with E-state index in [1.165, 1.54) is 0 Å². The van der Waals surface area contributed by atoms with Crippen LogP contribution in [0.5, 0.6) is 5.75 Å². The van der Waals surface area contributed by atoms with E-state index in [2.05, 4.69) is 0 Å². The van der Waals surface area contributed by atoms with Crippen molar-refractivity contribution in [3.8, 4) is 5.75 Å². The summed E-state index contributed by atoms with van der Waals surface area (Å²) in [5.41, 5.74) is 1.68. The van der Waals surface area contributed by atoms with E-state index < -0.39 is 0 Å². The smallest absolute Gasteiger partial charge is 0.200 e. The lowest BCUT2D eigenvalue weighted by atomic mass is 10.1. The number of aryl methyl sites for hydroxylation is 1. The predicted molar refractivity (Wildman–Crippen MR) is 77.1 cm³/mol. The first-order chi connectivity index (χ1) is 9.20. The van der Waals surface area contributed by atoms with Crippen molar-refractivity contribution in [2.75, 3.05) is 6.61 Å². The van der Waals surface area contributed by atoms with Crippen molar-refractivity contribution in [1.82, 2.24) is 0 Å². The van der Waals surface area contributed by atoms with Gasteiger partial charge in [-0.25, -0.2) is 0 Å². The minimum atomic E-state index is -0.0337. The van der Waals surface area contributed by atoms with Gasteiger partial charge in [-0.1, -0.05) is 48.9 Å². The van der Waals surface area contributed by atoms with Crippen molar-refractivity contribution < 1.29 is 9.53 Å². The normalized spacial score (nSPS) is 10.2. The molecule has 0 unspecified atom stereocenters. The molecule has 2 aromatic carbocycles. The fourth-order valence-electron chi connectivity index (χ4n) is 1.77. The number of hydrogen-bond donors (Lipinski definition) is 0. The van der Waals surface area contributed by atoms with Crippen LogP contribution in [-0.4, -0.2) is 12.4 Å². The first-order valence-electron chi connectivity index (χ1n) is 6.20. The molecular weight excluding hydrogens is 260 g/mol. The van der Waals surface area contributed by atoms with E-state index in [9.17, 15) is 4.79 Å². The van der Waals surface area contributed by atoms with Crippen molar-refractivity contribution in [2.45, 2.75) is 13.3 Å². The second-order valence-corrected chi connectivity index (χ2v) is 4.59. The molecule has 2 rings (SSSR count). The van der Waals surface area contributed by atoms with Crippen LogP contribution in [0.2, 0.25) is 5.02 Å². The molecule has 0 aromatic heterocycles. The SMILES string of the molecule is CCc1cc(OCC(=O)c2ccccc2)ccc1Cl. The van der Waals surface area contributed by atoms with Crippen molar-refractivity contribution in [3.05, 3.63) is 64.7 Å². The van der Waals surface area contributed by atoms with Crippen LogP contribution in [0.25, 0.3) is 0 Å². The second-order valence-electron chi connectivity index (χ2n) is 4.18. The number of benzene rings is 2. The summed E-state index contributed by atoms with van der Waals surface area (Å²) in [6.45, 7) is 2.06. The Bertz CT molecular complexity index is 564. The lowest BCUT2D eigenvalue weighted by Crippen LogP contribution is -2.11. The van der Waals surface area contributed by atoms with Crippen LogP contribution in [0.15, 0.2) is 48.5 Å². The van der Waals surface area contributed by atoms with E-state index in [4.69, 9.17) is 16.3 Å². The quantitative estimate of drug-likeness (QED) is 0.765. The van der Waals surface area contributed by atoms with E-state index >= 15 is 0 Å². The van der Waals surface area contributed by atoms with Gasteiger partial charge in [0.15, 0.2) is 12.4 Å². The molecule has 0 saturated carbocycles. The number of rotatable bonds is 5. The molecule has 0 radical (unpaired) electrons. The zero-order valence-electron chi connectivity index (χ0n) is 10.7. The topological polar surface area (TPSA) is 26.3 Å². The molecule has 0 saturated heterocycles. The summed E-state index contributed by atoms with van der Waals surface area (Å²) in [5.74, 6) is 0.638. The second kappa shape index (κ2) is 6.39. The number of carbonyl (C=O) groups is 1. The minimum absolute atomic E-state index is 0.0337. The van der Waals surface area contributed by atoms with Gasteiger partial charge < -0.3 is 4.74 Å². The van der Waals surface area contributed by atoms with Gasteiger partial charge in [0.1, 0.15) is 5.75 Å². The highest BCUT2D eigenvalue weighted by Crippen LogP contribution is 2.22. The molecule has 98 valence electrons. The Kier molecular flexibility index (Phi) is 4.58. The average Bonchev–Trinajstić information content (AvgIpc) is 2.47. The standard InChI is InChI=1S/C16H15ClO2/c1-2-12-10-14(8-9-15(12)17)19-11-16(18)13-6-4-3-5-7-13/h3-10H,2,11H2,1H3. The molecule has 0 N–H and O–H groups in total. The van der Waals surface area contributed by atoms with E-state index in [0.29, 0.717) is 11.3 Å². The molecule has 19 heavy (non-hydrogen) atoms. The van der Waals surface area contributed by atoms with Crippen LogP contribution in [-0.2, 0) is 6.42 Å². The number of ether oxygens (including phenoxy) is 1. The monoisotopic (exact) mass is 274 g/mol. The molecule has 0 aliphatic carbocycles. The Morgan fingerprint density at radius 1 is 1.16 bits per heavy atom. The molecule has 0 aliphatic rings. The number of Topliss-reactive ketones (excluding diaryl/α,β-unsaturated/α-hetero) is 1. The predicted octanol–water partition coefficient (Wildman–Crippen LogP) is 4.16. The van der Waals surface area contributed by atoms with Crippen LogP contribution in [0, 0.1) is 0 Å². The highest BCUT2D eigenvalue weighted by molar-refractivity contribution is 6.31. The van der Waals surface area contributed by atoms with Crippen molar-refractivity contribution in [1.29, 1.82) is 0 Å². The number of carbonyl (C=O) groups excluding carboxylic acids is 1. The summed E-state index contributed by atoms with van der Waals surface area (Å²) in [7, 11) is 0. The first-order valence-corrected chi connectivity index (χ1v) is 6.58. The lowest BCUT2D eigenvalue weighted by Gasteiger charge is -2.08. The Hall–Kier alpha value is -1.80. The third kappa shape index (κ3) is 3.58. The van der Waals surface area contributed by atoms with Crippen molar-refractivity contribution >= 4 is 17.4 Å². The lowest BCUT2D eigenvalue weighted by molar-refractivity contribution is 0.0921. The molecule has 0 fully saturated rings. The van der Waals surface area contributed by atoms with E-state index in [1.807, 2.05) is 31.2 Å². The van der Waals surface area contributed by atoms with Gasteiger partial charge in [-0.2, -0.15) is 0 Å². The highest BCUT2D eigenvalue weighted by atomic mass is 35.5. The van der Waals surface area contributed by atoms with Gasteiger partial charge in [-0.15, -0.1) is 0 Å². The van der Waals surface area contributed by atoms with Gasteiger partial charge in [-0.3, -0.25) is 4.79 Å². The van der Waals surface area contributed by atoms with E-state index in [1.54, 1.807) is 24.3 Å². The Labute approximate surface area is 118 Å². The van der Waals surface area contributed by atoms with Gasteiger partial charge in [-0.05, 0) is 30.2 Å². The third-order valence-electron chi connectivity index (χ3n) is 2.86. The van der Waals surface area contributed by atoms with Crippen molar-refractivity contribution in [2.24, 2.45) is 0 Å². The zero-order valence-corrected chi connectivity index (χ0v) is 11.5. The molecule has 0 amide bonds. The zero-order chi connectivity index (χ0) is 13.7. The summed E-state index contributed by atoms with van der Waals surface area (Å²) in [6.07, 6.45) is 0.836. The maximum absolute atomic E-state index is 11.9. The van der Waals surface area contributed by atoms with E-state index in [0.717, 1.165) is 17.0 Å². The van der Waals surface area contributed by atoms with Crippen molar-refractivity contribution in [3.63, 3.8) is 0 Å². The maximum atomic E-state index is 11.9. The van der Waals surface area contributed by atoms with Gasteiger partial charge >= 0.3 is 0 Å². The molecule has 3 heteroatoms. The van der Waals surface area contributed by atoms with Crippen LogP contribution >= 0.6 is 11.6 Å². The van der Waals surface area contributed by atoms with Gasteiger partial charge in [0, 0.05) is 10.6 Å². The summed E-state index contributed by atoms with van der Waals surface area (Å²) < 4.78 is 5.51. The summed E-state index contributed by atoms with van der Waals surface area (Å²) in [4.78, 5) is 11.9. The van der Waals surface area contributed by atoms with E-state index in [-0.39, 0.29) is 12.4 Å². The Morgan fingerprint density at radius 3 is 2.58 bits per heavy atom. The number of hydrogen-bond acceptors (Lipinski definition) is 2. The molecule has 0 heterocycles. The average molecular weight is 275 g/mol. The largest absolute Gasteiger partial charge is 0.485 e. The Balaban J connectivity index is 2.01. The molecule has 2 nitrogen and oxygen atoms in total. The number of ketones is 1. The van der Waals surface area contributed by atoms with Gasteiger partial charge in [0.25, 0.3) is 0 Å². The molecule has 0 aliphatic heterocycles. The summed E-state index contributed by atoms with van der Waals surface area (Å²) in [5, 5.41) is 0.726. The fourth-order valence-corrected chi connectivity index (χ4v) is 2.02. The maximum Gasteiger partial charge on any atom is 0.200 e. The fraction of sp³-hybridized carbons (Fsp3) is 0.188. The summed E-state index contributed by atoms with van der Waals surface area (Å²) >= 11 is 6.03. The van der Waals surface area contributed by atoms with Crippen LogP contribution in [0.1, 0.15) is 22.8 Å². The van der Waals surface area contributed by atoms with Crippen LogP contribution < -0.4 is 4.74 Å². The molecular formula is C16H15ClO2. The van der Waals surface area contributed by atoms with Crippen LogP contribution in [0.3, 0.4) is 0 Å². The molecule has 0 atom stereocenters. The molecule has 2 aromatic rings. The highest BCUT2D eigenvalue weighted by Gasteiger charge is 2.07. The molecule has 0 bridgehead atoms. The minimum Gasteiger partial charge on any atom is -0.485 e. The third-order valence-corrected chi connectivity index (χ3v) is 3.23. The Morgan fingerprint density at radius 2 is 1.89 bits per heavy atom. The van der Waals surface area contributed by atoms with Gasteiger partial charge in [0.2, 0.25) is 0 Å². The first kappa shape index (κ1) is 13.6. The van der Waals surface area contributed by atoms with Crippen LogP contribution in [0.4, 0.5) is 0 Å².